The number of rotatable bonds is 8. The fraction of sp³-hybridized carbons (Fsp3) is 0.235. The van der Waals surface area contributed by atoms with Crippen LogP contribution in [-0.2, 0) is 0 Å². The minimum atomic E-state index is -3.10. The molecule has 0 aliphatic carbocycles. The maximum atomic E-state index is 12.5. The van der Waals surface area contributed by atoms with Gasteiger partial charge in [-0.05, 0) is 30.3 Å². The topological polar surface area (TPSA) is 66.0 Å². The highest BCUT2D eigenvalue weighted by atomic mass is 19.3. The van der Waals surface area contributed by atoms with Gasteiger partial charge in [0.2, 0.25) is 0 Å². The highest BCUT2D eigenvalue weighted by molar-refractivity contribution is 6.04. The van der Waals surface area contributed by atoms with Crippen molar-refractivity contribution in [1.82, 2.24) is 0 Å². The van der Waals surface area contributed by atoms with Crippen LogP contribution in [0.3, 0.4) is 0 Å². The van der Waals surface area contributed by atoms with Crippen molar-refractivity contribution in [1.29, 1.82) is 0 Å². The molecule has 1 amide bonds. The summed E-state index contributed by atoms with van der Waals surface area (Å²) in [7, 11) is 2.53. The molecular formula is C17H15F4NO5. The normalized spacial score (nSPS) is 10.7. The van der Waals surface area contributed by atoms with Gasteiger partial charge in [0.1, 0.15) is 0 Å². The number of benzene rings is 2. The molecule has 6 nitrogen and oxygen atoms in total. The van der Waals surface area contributed by atoms with Crippen molar-refractivity contribution in [3.05, 3.63) is 42.0 Å². The van der Waals surface area contributed by atoms with E-state index in [1.165, 1.54) is 38.5 Å². The Kier molecular flexibility index (Phi) is 6.69. The van der Waals surface area contributed by atoms with Crippen LogP contribution in [0.1, 0.15) is 10.4 Å². The Labute approximate surface area is 151 Å². The maximum absolute atomic E-state index is 12.5. The monoisotopic (exact) mass is 389 g/mol. The summed E-state index contributed by atoms with van der Waals surface area (Å²) in [4.78, 5) is 12.3. The molecule has 2 aromatic carbocycles. The first-order valence-electron chi connectivity index (χ1n) is 7.41. The third-order valence-corrected chi connectivity index (χ3v) is 3.28. The van der Waals surface area contributed by atoms with E-state index in [4.69, 9.17) is 9.47 Å². The van der Waals surface area contributed by atoms with Crippen LogP contribution in [0.15, 0.2) is 36.4 Å². The van der Waals surface area contributed by atoms with Crippen LogP contribution in [0, 0.1) is 0 Å². The number of anilines is 1. The van der Waals surface area contributed by atoms with E-state index in [0.717, 1.165) is 12.1 Å². The zero-order valence-electron chi connectivity index (χ0n) is 14.2. The number of ether oxygens (including phenoxy) is 4. The Morgan fingerprint density at radius 3 is 1.85 bits per heavy atom. The van der Waals surface area contributed by atoms with E-state index >= 15 is 0 Å². The molecule has 0 saturated heterocycles. The maximum Gasteiger partial charge on any atom is 0.387 e. The number of methoxy groups -OCH3 is 2. The van der Waals surface area contributed by atoms with Gasteiger partial charge in [0.05, 0.1) is 14.2 Å². The summed E-state index contributed by atoms with van der Waals surface area (Å²) in [5, 5.41) is 2.44. The number of carbonyl (C=O) groups excluding carboxylic acids is 1. The fourth-order valence-corrected chi connectivity index (χ4v) is 2.15. The van der Waals surface area contributed by atoms with Gasteiger partial charge in [0.15, 0.2) is 23.0 Å². The Hall–Kier alpha value is -3.17. The lowest BCUT2D eigenvalue weighted by atomic mass is 10.1. The molecular weight excluding hydrogens is 374 g/mol. The van der Waals surface area contributed by atoms with Gasteiger partial charge in [0, 0.05) is 17.3 Å². The summed E-state index contributed by atoms with van der Waals surface area (Å²) >= 11 is 0. The molecule has 0 unspecified atom stereocenters. The first-order valence-corrected chi connectivity index (χ1v) is 7.41. The minimum absolute atomic E-state index is 0.0152. The first kappa shape index (κ1) is 20.1. The van der Waals surface area contributed by atoms with E-state index in [9.17, 15) is 22.4 Å². The highest BCUT2D eigenvalue weighted by Gasteiger charge is 2.16. The largest absolute Gasteiger partial charge is 0.493 e. The average molecular weight is 389 g/mol. The zero-order chi connectivity index (χ0) is 20.0. The minimum Gasteiger partial charge on any atom is -0.493 e. The summed E-state index contributed by atoms with van der Waals surface area (Å²) < 4.78 is 68.3. The van der Waals surface area contributed by atoms with Gasteiger partial charge in [-0.15, -0.1) is 0 Å². The SMILES string of the molecule is COc1ccc(NC(=O)c2ccc(OC)c(OC(F)F)c2)cc1OC(F)F. The van der Waals surface area contributed by atoms with E-state index in [1.807, 2.05) is 0 Å². The van der Waals surface area contributed by atoms with Crippen molar-refractivity contribution in [3.8, 4) is 23.0 Å². The second-order valence-electron chi connectivity index (χ2n) is 4.94. The van der Waals surface area contributed by atoms with Crippen LogP contribution in [0.4, 0.5) is 23.2 Å². The Morgan fingerprint density at radius 1 is 0.815 bits per heavy atom. The molecule has 10 heteroatoms. The molecule has 0 saturated carbocycles. The quantitative estimate of drug-likeness (QED) is 0.687. The summed E-state index contributed by atoms with van der Waals surface area (Å²) in [6, 6.07) is 7.55. The molecule has 0 heterocycles. The summed E-state index contributed by atoms with van der Waals surface area (Å²) in [5.74, 6) is -1.22. The predicted octanol–water partition coefficient (Wildman–Crippen LogP) is 4.16. The molecule has 0 aliphatic heterocycles. The van der Waals surface area contributed by atoms with Crippen LogP contribution < -0.4 is 24.3 Å². The molecule has 2 aromatic rings. The third kappa shape index (κ3) is 5.40. The molecule has 0 aromatic heterocycles. The molecule has 0 bridgehead atoms. The molecule has 1 N–H and O–H groups in total. The molecule has 146 valence electrons. The van der Waals surface area contributed by atoms with Crippen molar-refractivity contribution in [2.24, 2.45) is 0 Å². The molecule has 0 spiro atoms. The van der Waals surface area contributed by atoms with Gasteiger partial charge in [0.25, 0.3) is 5.91 Å². The van der Waals surface area contributed by atoms with Gasteiger partial charge in [-0.3, -0.25) is 4.79 Å². The molecule has 2 rings (SSSR count). The van der Waals surface area contributed by atoms with Crippen LogP contribution in [0.2, 0.25) is 0 Å². The zero-order valence-corrected chi connectivity index (χ0v) is 14.2. The van der Waals surface area contributed by atoms with Gasteiger partial charge >= 0.3 is 13.2 Å². The summed E-state index contributed by atoms with van der Waals surface area (Å²) in [5.41, 5.74) is 0.113. The average Bonchev–Trinajstić information content (AvgIpc) is 2.61. The predicted molar refractivity (Wildman–Crippen MR) is 87.2 cm³/mol. The van der Waals surface area contributed by atoms with Crippen LogP contribution in [-0.4, -0.2) is 33.3 Å². The van der Waals surface area contributed by atoms with E-state index in [1.54, 1.807) is 0 Å². The van der Waals surface area contributed by atoms with Crippen LogP contribution in [0.5, 0.6) is 23.0 Å². The van der Waals surface area contributed by atoms with Gasteiger partial charge in [-0.1, -0.05) is 0 Å². The van der Waals surface area contributed by atoms with Crippen molar-refractivity contribution < 1.29 is 41.3 Å². The number of amides is 1. The standard InChI is InChI=1S/C17H15F4NO5/c1-24-11-5-3-9(7-13(11)26-16(18)19)15(23)22-10-4-6-12(25-2)14(8-10)27-17(20)21/h3-8,16-17H,1-2H3,(H,22,23). The van der Waals surface area contributed by atoms with Crippen molar-refractivity contribution in [2.75, 3.05) is 19.5 Å². The Morgan fingerprint density at radius 2 is 1.33 bits per heavy atom. The van der Waals surface area contributed by atoms with E-state index in [0.29, 0.717) is 0 Å². The number of hydrogen-bond acceptors (Lipinski definition) is 5. The smallest absolute Gasteiger partial charge is 0.387 e. The number of alkyl halides is 4. The lowest BCUT2D eigenvalue weighted by molar-refractivity contribution is -0.0518. The second-order valence-corrected chi connectivity index (χ2v) is 4.94. The van der Waals surface area contributed by atoms with Gasteiger partial charge in [-0.25, -0.2) is 0 Å². The van der Waals surface area contributed by atoms with Crippen LogP contribution in [0.25, 0.3) is 0 Å². The number of hydrogen-bond donors (Lipinski definition) is 1. The first-order chi connectivity index (χ1) is 12.8. The Bertz CT molecular complexity index is 801. The van der Waals surface area contributed by atoms with Gasteiger partial charge < -0.3 is 24.3 Å². The van der Waals surface area contributed by atoms with Crippen LogP contribution >= 0.6 is 0 Å². The third-order valence-electron chi connectivity index (χ3n) is 3.28. The van der Waals surface area contributed by atoms with Gasteiger partial charge in [-0.2, -0.15) is 17.6 Å². The molecule has 27 heavy (non-hydrogen) atoms. The summed E-state index contributed by atoms with van der Waals surface area (Å²) in [6.07, 6.45) is 0. The highest BCUT2D eigenvalue weighted by Crippen LogP contribution is 2.33. The second kappa shape index (κ2) is 8.97. The molecule has 0 aliphatic rings. The van der Waals surface area contributed by atoms with E-state index < -0.39 is 19.1 Å². The van der Waals surface area contributed by atoms with Crippen molar-refractivity contribution in [3.63, 3.8) is 0 Å². The summed E-state index contributed by atoms with van der Waals surface area (Å²) in [6.45, 7) is -6.19. The fourth-order valence-electron chi connectivity index (χ4n) is 2.15. The lowest BCUT2D eigenvalue weighted by Gasteiger charge is -2.13. The van der Waals surface area contributed by atoms with Crippen molar-refractivity contribution >= 4 is 11.6 Å². The molecule has 0 atom stereocenters. The molecule has 0 radical (unpaired) electrons. The lowest BCUT2D eigenvalue weighted by Crippen LogP contribution is -2.13. The van der Waals surface area contributed by atoms with Crippen molar-refractivity contribution in [2.45, 2.75) is 13.2 Å². The number of carbonyl (C=O) groups is 1. The number of nitrogens with one attached hydrogen (secondary N) is 1. The molecule has 0 fully saturated rings. The van der Waals surface area contributed by atoms with E-state index in [-0.39, 0.29) is 34.2 Å². The Balaban J connectivity index is 2.24. The number of halogens is 4. The van der Waals surface area contributed by atoms with E-state index in [2.05, 4.69) is 14.8 Å².